The molecule has 0 saturated heterocycles. The zero-order valence-corrected chi connectivity index (χ0v) is 23.3. The third kappa shape index (κ3) is 7.54. The van der Waals surface area contributed by atoms with Gasteiger partial charge in [0.25, 0.3) is 0 Å². The van der Waals surface area contributed by atoms with Crippen molar-refractivity contribution in [3.63, 3.8) is 0 Å². The summed E-state index contributed by atoms with van der Waals surface area (Å²) in [5, 5.41) is 28.7. The van der Waals surface area contributed by atoms with Gasteiger partial charge in [0.15, 0.2) is 0 Å². The van der Waals surface area contributed by atoms with Crippen LogP contribution in [0.25, 0.3) is 0 Å². The van der Waals surface area contributed by atoms with E-state index in [-0.39, 0.29) is 18.8 Å². The molecule has 0 aliphatic carbocycles. The first-order chi connectivity index (χ1) is 21.3. The molecular formula is C28H26B2N4O10. The van der Waals surface area contributed by atoms with Crippen molar-refractivity contribution >= 4 is 37.1 Å². The van der Waals surface area contributed by atoms with Crippen LogP contribution in [0.4, 0.5) is 0 Å². The van der Waals surface area contributed by atoms with Crippen molar-refractivity contribution in [1.29, 1.82) is 0 Å². The number of hydrogen-bond acceptors (Lipinski definition) is 13. The Labute approximate surface area is 251 Å². The van der Waals surface area contributed by atoms with E-state index in [0.29, 0.717) is 46.4 Å². The lowest BCUT2D eigenvalue weighted by atomic mass is 9.79. The molecule has 2 unspecified atom stereocenters. The minimum atomic E-state index is -1.16. The number of esters is 1. The molecule has 0 saturated carbocycles. The molecule has 14 nitrogen and oxygen atoms in total. The van der Waals surface area contributed by atoms with Gasteiger partial charge in [-0.2, -0.15) is 0 Å². The number of carboxylic acids is 1. The Hall–Kier alpha value is -4.89. The van der Waals surface area contributed by atoms with Gasteiger partial charge in [-0.1, -0.05) is 12.1 Å². The highest BCUT2D eigenvalue weighted by atomic mass is 16.6. The lowest BCUT2D eigenvalue weighted by Crippen LogP contribution is -2.28. The summed E-state index contributed by atoms with van der Waals surface area (Å²) >= 11 is 0. The number of fused-ring (bicyclic) bond motifs is 2. The SMILES string of the molecule is CCOC(=O)CC1OB(O)c2cc(Oc3cnccn3)ccc21.O=C(O)CC1OB(O)c2cc(Oc3cnccn3)ccc21. The normalized spacial score (nSPS) is 16.3. The molecule has 3 N–H and O–H groups in total. The summed E-state index contributed by atoms with van der Waals surface area (Å²) in [6.45, 7) is 2.05. The van der Waals surface area contributed by atoms with Gasteiger partial charge in [-0.3, -0.25) is 19.6 Å². The summed E-state index contributed by atoms with van der Waals surface area (Å²) < 4.78 is 26.7. The molecule has 224 valence electrons. The molecule has 2 aliphatic rings. The average Bonchev–Trinajstić information content (AvgIpc) is 3.48. The van der Waals surface area contributed by atoms with Crippen molar-refractivity contribution in [3.8, 4) is 23.3 Å². The molecule has 2 aromatic heterocycles. The maximum Gasteiger partial charge on any atom is 0.492 e. The van der Waals surface area contributed by atoms with Crippen molar-refractivity contribution in [2.24, 2.45) is 0 Å². The van der Waals surface area contributed by atoms with Gasteiger partial charge in [0.05, 0.1) is 44.1 Å². The van der Waals surface area contributed by atoms with Gasteiger partial charge in [0, 0.05) is 24.8 Å². The van der Waals surface area contributed by atoms with Crippen molar-refractivity contribution in [2.45, 2.75) is 32.0 Å². The first-order valence-electron chi connectivity index (χ1n) is 13.5. The largest absolute Gasteiger partial charge is 0.492 e. The molecule has 4 aromatic rings. The summed E-state index contributed by atoms with van der Waals surface area (Å²) in [6, 6.07) is 10.1. The lowest BCUT2D eigenvalue weighted by Gasteiger charge is -2.11. The second kappa shape index (κ2) is 14.1. The number of carbonyl (C=O) groups excluding carboxylic acids is 1. The fraction of sp³-hybridized carbons (Fsp3) is 0.214. The smallest absolute Gasteiger partial charge is 0.481 e. The number of benzene rings is 2. The van der Waals surface area contributed by atoms with E-state index in [4.69, 9.17) is 28.6 Å². The van der Waals surface area contributed by atoms with E-state index in [1.54, 1.807) is 49.5 Å². The lowest BCUT2D eigenvalue weighted by molar-refractivity contribution is -0.145. The number of hydrogen-bond donors (Lipinski definition) is 3. The maximum atomic E-state index is 11.6. The molecule has 0 amide bonds. The quantitative estimate of drug-likeness (QED) is 0.185. The fourth-order valence-electron chi connectivity index (χ4n) is 4.61. The Morgan fingerprint density at radius 2 is 1.30 bits per heavy atom. The first kappa shape index (κ1) is 30.6. The monoisotopic (exact) mass is 600 g/mol. The third-order valence-electron chi connectivity index (χ3n) is 6.47. The van der Waals surface area contributed by atoms with E-state index < -0.39 is 32.4 Å². The zero-order valence-electron chi connectivity index (χ0n) is 23.3. The van der Waals surface area contributed by atoms with E-state index >= 15 is 0 Å². The third-order valence-corrected chi connectivity index (χ3v) is 6.47. The summed E-state index contributed by atoms with van der Waals surface area (Å²) in [5.74, 6) is 0.297. The van der Waals surface area contributed by atoms with E-state index in [1.165, 1.54) is 31.0 Å². The highest BCUT2D eigenvalue weighted by molar-refractivity contribution is 6.62. The molecule has 0 bridgehead atoms. The molecule has 0 radical (unpaired) electrons. The number of nitrogens with zero attached hydrogens (tertiary/aromatic N) is 4. The average molecular weight is 600 g/mol. The fourth-order valence-corrected chi connectivity index (χ4v) is 4.61. The van der Waals surface area contributed by atoms with Crippen molar-refractivity contribution in [2.75, 3.05) is 6.61 Å². The minimum absolute atomic E-state index is 0.0578. The predicted octanol–water partition coefficient (Wildman–Crippen LogP) is 1.48. The Morgan fingerprint density at radius 1 is 0.795 bits per heavy atom. The van der Waals surface area contributed by atoms with Gasteiger partial charge in [0.1, 0.15) is 11.5 Å². The maximum absolute atomic E-state index is 11.6. The summed E-state index contributed by atoms with van der Waals surface area (Å²) in [6.07, 6.45) is 7.74. The van der Waals surface area contributed by atoms with Crippen LogP contribution in [0.1, 0.15) is 43.1 Å². The Morgan fingerprint density at radius 3 is 1.73 bits per heavy atom. The summed E-state index contributed by atoms with van der Waals surface area (Å²) in [7, 11) is -2.26. The molecule has 2 atom stereocenters. The number of rotatable bonds is 9. The van der Waals surface area contributed by atoms with Crippen LogP contribution in [0.2, 0.25) is 0 Å². The Bertz CT molecular complexity index is 1600. The Balaban J connectivity index is 0.000000175. The number of ether oxygens (including phenoxy) is 3. The van der Waals surface area contributed by atoms with Crippen molar-refractivity contribution < 1.29 is 48.3 Å². The van der Waals surface area contributed by atoms with Gasteiger partial charge in [-0.25, -0.2) is 9.97 Å². The molecule has 2 aromatic carbocycles. The topological polar surface area (TPSA) is 193 Å². The van der Waals surface area contributed by atoms with Gasteiger partial charge >= 0.3 is 26.2 Å². The van der Waals surface area contributed by atoms with Crippen LogP contribution in [0, 0.1) is 0 Å². The van der Waals surface area contributed by atoms with Gasteiger partial charge in [0.2, 0.25) is 11.8 Å². The van der Waals surface area contributed by atoms with E-state index in [0.717, 1.165) is 5.56 Å². The van der Waals surface area contributed by atoms with E-state index in [2.05, 4.69) is 19.9 Å². The number of aromatic nitrogens is 4. The van der Waals surface area contributed by atoms with Crippen LogP contribution in [-0.4, -0.2) is 67.9 Å². The zero-order chi connectivity index (χ0) is 31.1. The van der Waals surface area contributed by atoms with Crippen LogP contribution in [0.3, 0.4) is 0 Å². The molecule has 0 fully saturated rings. The Kier molecular flexibility index (Phi) is 9.76. The van der Waals surface area contributed by atoms with Crippen molar-refractivity contribution in [3.05, 3.63) is 84.7 Å². The van der Waals surface area contributed by atoms with Crippen LogP contribution in [0.15, 0.2) is 73.6 Å². The second-order valence-electron chi connectivity index (χ2n) is 9.43. The van der Waals surface area contributed by atoms with E-state index in [1.807, 2.05) is 0 Å². The number of carboxylic acid groups (broad SMARTS) is 1. The molecular weight excluding hydrogens is 574 g/mol. The predicted molar refractivity (Wildman–Crippen MR) is 153 cm³/mol. The minimum Gasteiger partial charge on any atom is -0.481 e. The molecule has 0 spiro atoms. The molecule has 2 aliphatic heterocycles. The standard InChI is InChI=1S/C15H15BN2O5.C13H11BN2O5/c1-2-21-15(19)8-13-11-4-3-10(7-12(11)16(20)23-13)22-14-9-17-5-6-18-14;17-13(18)6-11-9-2-1-8(5-10(9)14(19)21-11)20-12-7-15-3-4-16-12/h3-7,9,13,20H,2,8H2,1H3;1-5,7,11,19H,6H2,(H,17,18). The summed E-state index contributed by atoms with van der Waals surface area (Å²) in [5.41, 5.74) is 2.47. The highest BCUT2D eigenvalue weighted by Gasteiger charge is 2.37. The van der Waals surface area contributed by atoms with Gasteiger partial charge in [-0.05, 0) is 53.2 Å². The summed E-state index contributed by atoms with van der Waals surface area (Å²) in [4.78, 5) is 38.2. The second-order valence-corrected chi connectivity index (χ2v) is 9.43. The number of carbonyl (C=O) groups is 2. The van der Waals surface area contributed by atoms with E-state index in [9.17, 15) is 19.6 Å². The van der Waals surface area contributed by atoms with Crippen LogP contribution in [0.5, 0.6) is 23.3 Å². The first-order valence-corrected chi connectivity index (χ1v) is 13.5. The molecule has 6 rings (SSSR count). The van der Waals surface area contributed by atoms with Crippen LogP contribution in [-0.2, 0) is 23.6 Å². The van der Waals surface area contributed by atoms with Crippen molar-refractivity contribution in [1.82, 2.24) is 19.9 Å². The van der Waals surface area contributed by atoms with Gasteiger partial charge < -0.3 is 38.7 Å². The highest BCUT2D eigenvalue weighted by Crippen LogP contribution is 2.31. The van der Waals surface area contributed by atoms with Gasteiger partial charge in [-0.15, -0.1) is 0 Å². The van der Waals surface area contributed by atoms with Crippen LogP contribution < -0.4 is 20.4 Å². The molecule has 44 heavy (non-hydrogen) atoms. The molecule has 4 heterocycles. The van der Waals surface area contributed by atoms with Crippen LogP contribution >= 0.6 is 0 Å². The molecule has 16 heteroatoms. The number of aliphatic carboxylic acids is 1.